The van der Waals surface area contributed by atoms with Crippen LogP contribution < -0.4 is 0 Å². The van der Waals surface area contributed by atoms with Crippen LogP contribution in [0.15, 0.2) is 0 Å². The lowest BCUT2D eigenvalue weighted by Crippen LogP contribution is -2.45. The monoisotopic (exact) mass is 389 g/mol. The van der Waals surface area contributed by atoms with Crippen LogP contribution in [0.25, 0.3) is 0 Å². The number of carbonyl (C=O) groups excluding carboxylic acids is 2. The molecule has 10 heteroatoms. The molecule has 1 amide bonds. The molecule has 2 rings (SSSR count). The average molecular weight is 389 g/mol. The van der Waals surface area contributed by atoms with Crippen molar-refractivity contribution in [1.29, 1.82) is 0 Å². The van der Waals surface area contributed by atoms with Crippen molar-refractivity contribution < 1.29 is 22.7 Å². The molecule has 1 fully saturated rings. The quantitative estimate of drug-likeness (QED) is 0.639. The highest BCUT2D eigenvalue weighted by Crippen LogP contribution is 2.20. The predicted molar refractivity (Wildman–Crippen MR) is 93.2 cm³/mol. The molecule has 1 aromatic rings. The van der Waals surface area contributed by atoms with E-state index in [2.05, 4.69) is 9.59 Å². The summed E-state index contributed by atoms with van der Waals surface area (Å²) >= 11 is 0.938. The molecule has 8 nitrogen and oxygen atoms in total. The summed E-state index contributed by atoms with van der Waals surface area (Å²) in [7, 11) is -3.10. The Bertz CT molecular complexity index is 729. The van der Waals surface area contributed by atoms with Crippen LogP contribution in [0.5, 0.6) is 0 Å². The Labute approximate surface area is 151 Å². The van der Waals surface area contributed by atoms with E-state index in [4.69, 9.17) is 4.74 Å². The van der Waals surface area contributed by atoms with E-state index in [0.717, 1.165) is 11.5 Å². The van der Waals surface area contributed by atoms with Gasteiger partial charge >= 0.3 is 5.97 Å². The van der Waals surface area contributed by atoms with E-state index in [-0.39, 0.29) is 29.4 Å². The number of aryl methyl sites for hydroxylation is 1. The van der Waals surface area contributed by atoms with Crippen LogP contribution in [0.1, 0.15) is 42.6 Å². The molecule has 1 saturated heterocycles. The van der Waals surface area contributed by atoms with Gasteiger partial charge in [-0.1, -0.05) is 25.3 Å². The van der Waals surface area contributed by atoms with Gasteiger partial charge in [0.15, 0.2) is 21.3 Å². The fourth-order valence-corrected chi connectivity index (χ4v) is 5.12. The van der Waals surface area contributed by atoms with Gasteiger partial charge < -0.3 is 9.64 Å². The van der Waals surface area contributed by atoms with Gasteiger partial charge in [0.1, 0.15) is 0 Å². The first-order valence-electron chi connectivity index (χ1n) is 8.21. The number of sulfone groups is 1. The fraction of sp³-hybridized carbons (Fsp3) is 0.733. The molecule has 0 radical (unpaired) electrons. The van der Waals surface area contributed by atoms with Crippen molar-refractivity contribution in [3.63, 3.8) is 0 Å². The normalized spacial score (nSPS) is 19.1. The lowest BCUT2D eigenvalue weighted by atomic mass is 10.1. The summed E-state index contributed by atoms with van der Waals surface area (Å²) in [5.74, 6) is -0.757. The van der Waals surface area contributed by atoms with Crippen LogP contribution in [-0.4, -0.2) is 65.5 Å². The van der Waals surface area contributed by atoms with E-state index < -0.39 is 22.4 Å². The molecule has 1 aliphatic heterocycles. The Kier molecular flexibility index (Phi) is 6.50. The topological polar surface area (TPSA) is 107 Å². The summed E-state index contributed by atoms with van der Waals surface area (Å²) in [6.07, 6.45) is 0.974. The zero-order valence-electron chi connectivity index (χ0n) is 14.6. The summed E-state index contributed by atoms with van der Waals surface area (Å²) in [5.41, 5.74) is 0.545. The first-order valence-corrected chi connectivity index (χ1v) is 10.8. The second-order valence-electron chi connectivity index (χ2n) is 6.48. The van der Waals surface area contributed by atoms with Crippen molar-refractivity contribution in [3.05, 3.63) is 10.6 Å². The van der Waals surface area contributed by atoms with Crippen LogP contribution in [0.2, 0.25) is 0 Å². The number of amides is 1. The number of hydrogen-bond acceptors (Lipinski definition) is 8. The summed E-state index contributed by atoms with van der Waals surface area (Å²) in [6.45, 7) is 5.77. The van der Waals surface area contributed by atoms with Crippen molar-refractivity contribution in [3.8, 4) is 0 Å². The number of rotatable bonds is 7. The largest absolute Gasteiger partial charge is 0.451 e. The van der Waals surface area contributed by atoms with E-state index in [1.807, 2.05) is 20.8 Å². The third-order valence-corrected chi connectivity index (χ3v) is 6.43. The van der Waals surface area contributed by atoms with E-state index >= 15 is 0 Å². The smallest absolute Gasteiger partial charge is 0.352 e. The maximum Gasteiger partial charge on any atom is 0.352 e. The molecule has 2 heterocycles. The maximum atomic E-state index is 12.5. The number of carbonyl (C=O) groups is 2. The van der Waals surface area contributed by atoms with Gasteiger partial charge in [0.05, 0.1) is 17.2 Å². The summed E-state index contributed by atoms with van der Waals surface area (Å²) in [5, 5.41) is 3.84. The summed E-state index contributed by atoms with van der Waals surface area (Å²) in [6, 6.07) is -0.352. The molecule has 1 aromatic heterocycles. The highest BCUT2D eigenvalue weighted by atomic mass is 32.2. The van der Waals surface area contributed by atoms with Crippen molar-refractivity contribution in [2.24, 2.45) is 5.92 Å². The molecule has 0 aromatic carbocycles. The first kappa shape index (κ1) is 19.8. The zero-order chi connectivity index (χ0) is 18.6. The molecule has 25 heavy (non-hydrogen) atoms. The van der Waals surface area contributed by atoms with Crippen LogP contribution in [-0.2, 0) is 25.8 Å². The van der Waals surface area contributed by atoms with Crippen molar-refractivity contribution in [2.45, 2.75) is 39.7 Å². The highest BCUT2D eigenvalue weighted by molar-refractivity contribution is 7.91. The first-order chi connectivity index (χ1) is 11.7. The van der Waals surface area contributed by atoms with Gasteiger partial charge in [-0.25, -0.2) is 13.2 Å². The van der Waals surface area contributed by atoms with E-state index in [1.165, 1.54) is 4.90 Å². The number of esters is 1. The molecule has 0 aliphatic carbocycles. The summed E-state index contributed by atoms with van der Waals surface area (Å²) in [4.78, 5) is 26.5. The lowest BCUT2D eigenvalue weighted by Gasteiger charge is -2.29. The number of hydrogen-bond donors (Lipinski definition) is 0. The van der Waals surface area contributed by atoms with Crippen molar-refractivity contribution in [2.75, 3.05) is 24.7 Å². The van der Waals surface area contributed by atoms with E-state index in [0.29, 0.717) is 30.0 Å². The number of aromatic nitrogens is 2. The molecule has 1 unspecified atom stereocenters. The van der Waals surface area contributed by atoms with Gasteiger partial charge in [-0.3, -0.25) is 4.79 Å². The van der Waals surface area contributed by atoms with Gasteiger partial charge in [0.2, 0.25) is 0 Å². The van der Waals surface area contributed by atoms with Crippen molar-refractivity contribution >= 4 is 33.2 Å². The van der Waals surface area contributed by atoms with E-state index in [9.17, 15) is 18.0 Å². The Hall–Kier alpha value is -1.55. The minimum absolute atomic E-state index is 0.0296. The zero-order valence-corrected chi connectivity index (χ0v) is 16.2. The molecule has 0 spiro atoms. The lowest BCUT2D eigenvalue weighted by molar-refractivity contribution is -0.137. The highest BCUT2D eigenvalue weighted by Gasteiger charge is 2.35. The van der Waals surface area contributed by atoms with Crippen LogP contribution in [0.4, 0.5) is 0 Å². The Morgan fingerprint density at radius 1 is 1.40 bits per heavy atom. The Balaban J connectivity index is 2.01. The van der Waals surface area contributed by atoms with Crippen LogP contribution in [0, 0.1) is 5.92 Å². The molecular formula is C15H23N3O5S2. The number of ether oxygens (including phenoxy) is 1. The minimum atomic E-state index is -3.10. The van der Waals surface area contributed by atoms with E-state index in [1.54, 1.807) is 0 Å². The molecule has 0 N–H and O–H groups in total. The molecule has 1 aliphatic rings. The standard InChI is InChI=1S/C15H23N3O5S2/c1-4-12-14(24-17-16-12)15(20)23-8-13(19)18(7-10(2)3)11-5-6-25(21,22)9-11/h10-11H,4-9H2,1-3H3. The van der Waals surface area contributed by atoms with Gasteiger partial charge in [0.25, 0.3) is 5.91 Å². The second-order valence-corrected chi connectivity index (χ2v) is 9.46. The Morgan fingerprint density at radius 2 is 2.12 bits per heavy atom. The maximum absolute atomic E-state index is 12.5. The molecule has 0 saturated carbocycles. The van der Waals surface area contributed by atoms with Gasteiger partial charge in [-0.15, -0.1) is 5.10 Å². The third-order valence-electron chi connectivity index (χ3n) is 3.93. The molecular weight excluding hydrogens is 366 g/mol. The Morgan fingerprint density at radius 3 is 2.68 bits per heavy atom. The third kappa shape index (κ3) is 5.21. The van der Waals surface area contributed by atoms with Gasteiger partial charge in [-0.2, -0.15) is 0 Å². The fourth-order valence-electron chi connectivity index (χ4n) is 2.74. The predicted octanol–water partition coefficient (Wildman–Crippen LogP) is 0.929. The molecule has 1 atom stereocenters. The second kappa shape index (κ2) is 8.22. The van der Waals surface area contributed by atoms with Crippen molar-refractivity contribution in [1.82, 2.24) is 14.5 Å². The SMILES string of the molecule is CCc1nnsc1C(=O)OCC(=O)N(CC(C)C)C1CCS(=O)(=O)C1. The molecule has 0 bridgehead atoms. The average Bonchev–Trinajstić information content (AvgIpc) is 3.15. The number of nitrogens with zero attached hydrogens (tertiary/aromatic N) is 3. The van der Waals surface area contributed by atoms with Crippen LogP contribution >= 0.6 is 11.5 Å². The molecule has 140 valence electrons. The van der Waals surface area contributed by atoms with Crippen LogP contribution in [0.3, 0.4) is 0 Å². The summed E-state index contributed by atoms with van der Waals surface area (Å²) < 4.78 is 32.3. The van der Waals surface area contributed by atoms with Gasteiger partial charge in [-0.05, 0) is 30.3 Å². The van der Waals surface area contributed by atoms with Gasteiger partial charge in [0, 0.05) is 12.6 Å². The minimum Gasteiger partial charge on any atom is -0.451 e.